The van der Waals surface area contributed by atoms with Gasteiger partial charge in [0.25, 0.3) is 0 Å². The summed E-state index contributed by atoms with van der Waals surface area (Å²) in [6.45, 7) is -1.39. The molecule has 338 valence electrons. The average Bonchev–Trinajstić information content (AvgIpc) is 3.19. The number of aliphatic hydroxyl groups is 15. The maximum atomic E-state index is 12.6. The summed E-state index contributed by atoms with van der Waals surface area (Å²) in [5, 5.41) is 160. The lowest BCUT2D eigenvalue weighted by atomic mass is 9.94. The van der Waals surface area contributed by atoms with Crippen molar-refractivity contribution in [2.24, 2.45) is 0 Å². The number of rotatable bonds is 13. The van der Waals surface area contributed by atoms with E-state index in [1.54, 1.807) is 0 Å². The standard InChI is InChI=1S/C32H55NO25/c1-7-14(39)19(44)21(46)30(50-7)58-27-26(57-31-22(47)20(45)15(40)9(3-34)53-31)18(43)12(6-37)54-32(27)55-24-13(33-8(2)38)29(52-11(5-36)16(24)41)56-25-17(42)10(4-35)51-28(49)23(25)48/h7,9-32,34-37,39-49H,3-6H2,1-2H3,(H,33,38)/t7-,9+,10+,11+,12+,13+,14+,15-,16-,17-,18-,19+,20-,21-,22+,23+,24+,25-,26-,27+,28+,29-,30-,31+,32-/m0/s1. The lowest BCUT2D eigenvalue weighted by molar-refractivity contribution is -0.403. The van der Waals surface area contributed by atoms with Crippen LogP contribution in [0.5, 0.6) is 0 Å². The second-order valence-electron chi connectivity index (χ2n) is 14.7. The Kier molecular flexibility index (Phi) is 16.5. The summed E-state index contributed by atoms with van der Waals surface area (Å²) < 4.78 is 51.4. The highest BCUT2D eigenvalue weighted by molar-refractivity contribution is 5.73. The molecule has 1 amide bonds. The van der Waals surface area contributed by atoms with Gasteiger partial charge in [0.05, 0.1) is 32.5 Å². The lowest BCUT2D eigenvalue weighted by Crippen LogP contribution is -2.71. The highest BCUT2D eigenvalue weighted by Gasteiger charge is 2.58. The smallest absolute Gasteiger partial charge is 0.217 e. The highest BCUT2D eigenvalue weighted by Crippen LogP contribution is 2.37. The van der Waals surface area contributed by atoms with Gasteiger partial charge in [-0.3, -0.25) is 4.79 Å². The molecule has 0 spiro atoms. The molecule has 0 aromatic heterocycles. The fourth-order valence-electron chi connectivity index (χ4n) is 7.34. The van der Waals surface area contributed by atoms with E-state index in [9.17, 15) is 81.4 Å². The zero-order valence-corrected chi connectivity index (χ0v) is 31.1. The molecule has 25 atom stereocenters. The van der Waals surface area contributed by atoms with Crippen LogP contribution in [0.25, 0.3) is 0 Å². The van der Waals surface area contributed by atoms with E-state index in [0.29, 0.717) is 0 Å². The van der Waals surface area contributed by atoms with Gasteiger partial charge in [0.2, 0.25) is 5.91 Å². The molecule has 0 unspecified atom stereocenters. The third-order valence-electron chi connectivity index (χ3n) is 10.7. The van der Waals surface area contributed by atoms with Gasteiger partial charge in [-0.15, -0.1) is 0 Å². The molecule has 0 aliphatic carbocycles. The number of amides is 1. The Morgan fingerprint density at radius 3 is 1.43 bits per heavy atom. The molecule has 5 heterocycles. The summed E-state index contributed by atoms with van der Waals surface area (Å²) >= 11 is 0. The summed E-state index contributed by atoms with van der Waals surface area (Å²) in [5.41, 5.74) is 0. The fraction of sp³-hybridized carbons (Fsp3) is 0.969. The van der Waals surface area contributed by atoms with Gasteiger partial charge in [0, 0.05) is 6.92 Å². The molecule has 0 saturated carbocycles. The molecule has 0 bridgehead atoms. The maximum Gasteiger partial charge on any atom is 0.217 e. The van der Waals surface area contributed by atoms with Crippen LogP contribution in [0, 0.1) is 0 Å². The quantitative estimate of drug-likeness (QED) is 0.0818. The predicted octanol–water partition coefficient (Wildman–Crippen LogP) is -10.8. The SMILES string of the molecule is CC(=O)N[C@H]1[C@H](O[C@@H]2[C@@H](O)[C@H](O)O[C@H](CO)[C@@H]2O)O[C@H](CO)[C@H](O)[C@@H]1O[C@@H]1O[C@H](CO)[C@H](O)[C@H](O[C@H]2O[C@H](CO)[C@H](O)[C@H](O)[C@H]2O)[C@H]1O[C@@H]1O[C@@H](C)[C@@H](O)[C@@H](O)[C@@H]1O. The molecule has 5 saturated heterocycles. The molecular formula is C32H55NO25. The highest BCUT2D eigenvalue weighted by atomic mass is 16.8. The molecule has 58 heavy (non-hydrogen) atoms. The van der Waals surface area contributed by atoms with E-state index >= 15 is 0 Å². The minimum absolute atomic E-state index is 0.822. The summed E-state index contributed by atoms with van der Waals surface area (Å²) in [5.74, 6) is -0.822. The first-order valence-corrected chi connectivity index (χ1v) is 18.5. The second kappa shape index (κ2) is 20.1. The zero-order valence-electron chi connectivity index (χ0n) is 31.1. The van der Waals surface area contributed by atoms with Gasteiger partial charge in [-0.2, -0.15) is 0 Å². The van der Waals surface area contributed by atoms with Gasteiger partial charge in [-0.1, -0.05) is 0 Å². The Labute approximate surface area is 329 Å². The van der Waals surface area contributed by atoms with Crippen molar-refractivity contribution in [2.45, 2.75) is 167 Å². The summed E-state index contributed by atoms with van der Waals surface area (Å²) in [7, 11) is 0. The van der Waals surface area contributed by atoms with Crippen LogP contribution < -0.4 is 5.32 Å². The molecule has 5 fully saturated rings. The Morgan fingerprint density at radius 1 is 0.448 bits per heavy atom. The summed E-state index contributed by atoms with van der Waals surface area (Å²) in [6.07, 6.45) is -44.3. The van der Waals surface area contributed by atoms with Crippen molar-refractivity contribution in [3.8, 4) is 0 Å². The van der Waals surface area contributed by atoms with Gasteiger partial charge >= 0.3 is 0 Å². The normalized spacial score (nSPS) is 51.6. The maximum absolute atomic E-state index is 12.6. The molecular weight excluding hydrogens is 798 g/mol. The van der Waals surface area contributed by atoms with Crippen LogP contribution >= 0.6 is 0 Å². The molecule has 0 aromatic carbocycles. The molecule has 26 heteroatoms. The van der Waals surface area contributed by atoms with Crippen LogP contribution in [0.1, 0.15) is 13.8 Å². The Bertz CT molecular complexity index is 1310. The number of hydrogen-bond acceptors (Lipinski definition) is 25. The summed E-state index contributed by atoms with van der Waals surface area (Å²) in [4.78, 5) is 12.6. The fourth-order valence-corrected chi connectivity index (χ4v) is 7.34. The Balaban J connectivity index is 1.54. The third kappa shape index (κ3) is 9.75. The second-order valence-corrected chi connectivity index (χ2v) is 14.7. The number of carbonyl (C=O) groups is 1. The van der Waals surface area contributed by atoms with Crippen molar-refractivity contribution in [1.29, 1.82) is 0 Å². The van der Waals surface area contributed by atoms with Gasteiger partial charge < -0.3 is 125 Å². The van der Waals surface area contributed by atoms with E-state index in [4.69, 9.17) is 42.6 Å². The third-order valence-corrected chi connectivity index (χ3v) is 10.7. The molecule has 0 radical (unpaired) electrons. The predicted molar refractivity (Wildman–Crippen MR) is 177 cm³/mol. The topological polar surface area (TPSA) is 416 Å². The van der Waals surface area contributed by atoms with Crippen LogP contribution in [0.3, 0.4) is 0 Å². The molecule has 0 aromatic rings. The van der Waals surface area contributed by atoms with Crippen LogP contribution in [0.2, 0.25) is 0 Å². The first kappa shape index (κ1) is 47.6. The molecule has 5 rings (SSSR count). The Hall–Kier alpha value is -1.49. The van der Waals surface area contributed by atoms with Gasteiger partial charge in [-0.25, -0.2) is 0 Å². The molecule has 16 N–H and O–H groups in total. The summed E-state index contributed by atoms with van der Waals surface area (Å²) in [6, 6.07) is -1.72. The van der Waals surface area contributed by atoms with E-state index in [-0.39, 0.29) is 0 Å². The van der Waals surface area contributed by atoms with Crippen molar-refractivity contribution in [3.05, 3.63) is 0 Å². The zero-order chi connectivity index (χ0) is 42.9. The van der Waals surface area contributed by atoms with Gasteiger partial charge in [-0.05, 0) is 6.92 Å². The van der Waals surface area contributed by atoms with E-state index in [0.717, 1.165) is 6.92 Å². The van der Waals surface area contributed by atoms with Gasteiger partial charge in [0.1, 0.15) is 116 Å². The Morgan fingerprint density at radius 2 is 0.862 bits per heavy atom. The van der Waals surface area contributed by atoms with E-state index in [1.807, 2.05) is 0 Å². The number of hydrogen-bond donors (Lipinski definition) is 16. The van der Waals surface area contributed by atoms with Crippen LogP contribution in [-0.4, -0.2) is 262 Å². The van der Waals surface area contributed by atoms with Crippen LogP contribution in [-0.2, 0) is 47.4 Å². The monoisotopic (exact) mass is 853 g/mol. The van der Waals surface area contributed by atoms with Gasteiger partial charge in [0.15, 0.2) is 31.5 Å². The van der Waals surface area contributed by atoms with E-state index in [2.05, 4.69) is 5.32 Å². The van der Waals surface area contributed by atoms with Crippen LogP contribution in [0.4, 0.5) is 0 Å². The first-order chi connectivity index (χ1) is 27.4. The minimum Gasteiger partial charge on any atom is -0.394 e. The van der Waals surface area contributed by atoms with Crippen molar-refractivity contribution in [2.75, 3.05) is 26.4 Å². The number of aliphatic hydroxyl groups excluding tert-OH is 15. The average molecular weight is 854 g/mol. The van der Waals surface area contributed by atoms with Crippen molar-refractivity contribution in [3.63, 3.8) is 0 Å². The molecule has 5 aliphatic heterocycles. The molecule has 26 nitrogen and oxygen atoms in total. The van der Waals surface area contributed by atoms with Crippen molar-refractivity contribution in [1.82, 2.24) is 5.32 Å². The minimum atomic E-state index is -2.07. The van der Waals surface area contributed by atoms with Crippen molar-refractivity contribution >= 4 is 5.91 Å². The van der Waals surface area contributed by atoms with Crippen LogP contribution in [0.15, 0.2) is 0 Å². The largest absolute Gasteiger partial charge is 0.394 e. The molecule has 5 aliphatic rings. The number of carbonyl (C=O) groups excluding carboxylic acids is 1. The van der Waals surface area contributed by atoms with E-state index < -0.39 is 186 Å². The number of nitrogens with one attached hydrogen (secondary N) is 1. The lowest BCUT2D eigenvalue weighted by Gasteiger charge is -2.51. The van der Waals surface area contributed by atoms with Crippen molar-refractivity contribution < 1.29 is 124 Å². The van der Waals surface area contributed by atoms with E-state index in [1.165, 1.54) is 6.92 Å². The number of ether oxygens (including phenoxy) is 9. The first-order valence-electron chi connectivity index (χ1n) is 18.5.